The van der Waals surface area contributed by atoms with Crippen LogP contribution in [-0.2, 0) is 4.79 Å². The highest BCUT2D eigenvalue weighted by molar-refractivity contribution is 5.82. The van der Waals surface area contributed by atoms with Crippen LogP contribution in [0.3, 0.4) is 0 Å². The van der Waals surface area contributed by atoms with Crippen LogP contribution in [0.1, 0.15) is 0 Å². The molecule has 9 heavy (non-hydrogen) atoms. The molecule has 1 N–H and O–H groups in total. The van der Waals surface area contributed by atoms with Gasteiger partial charge in [0.25, 0.3) is 0 Å². The van der Waals surface area contributed by atoms with E-state index in [9.17, 15) is 4.79 Å². The number of carbonyl (C=O) groups excluding carboxylic acids is 1. The quantitative estimate of drug-likeness (QED) is 0.441. The first-order valence-electron chi connectivity index (χ1n) is 2.91. The molecule has 1 unspecified atom stereocenters. The first-order valence-corrected chi connectivity index (χ1v) is 2.91. The maximum atomic E-state index is 10.6. The molecule has 1 atom stereocenters. The summed E-state index contributed by atoms with van der Waals surface area (Å²) in [6, 6.07) is 0. The molecule has 2 aliphatic rings. The number of fused-ring (bicyclic) bond motifs is 1. The second-order valence-corrected chi connectivity index (χ2v) is 2.20. The Kier molecular flexibility index (Phi) is 0.843. The van der Waals surface area contributed by atoms with Crippen LogP contribution in [0.5, 0.6) is 0 Å². The van der Waals surface area contributed by atoms with E-state index in [0.717, 1.165) is 6.54 Å². The van der Waals surface area contributed by atoms with Crippen LogP contribution in [0.25, 0.3) is 0 Å². The standard InChI is InChI=1S/C5H7N3O/c9-4-3-8-2-1-6-5(8)7-4/h1,5H,2-3H2,(H,7,9). The number of hydrogen-bond acceptors (Lipinski definition) is 3. The molecule has 1 amide bonds. The zero-order chi connectivity index (χ0) is 6.27. The van der Waals surface area contributed by atoms with E-state index >= 15 is 0 Å². The molecule has 4 heteroatoms. The molecular weight excluding hydrogens is 118 g/mol. The van der Waals surface area contributed by atoms with Gasteiger partial charge in [-0.15, -0.1) is 0 Å². The number of amides is 1. The van der Waals surface area contributed by atoms with Crippen LogP contribution < -0.4 is 5.32 Å². The maximum Gasteiger partial charge on any atom is 0.236 e. The molecule has 0 saturated carbocycles. The second-order valence-electron chi connectivity index (χ2n) is 2.20. The Morgan fingerprint density at radius 3 is 3.56 bits per heavy atom. The number of carbonyl (C=O) groups is 1. The summed E-state index contributed by atoms with van der Waals surface area (Å²) >= 11 is 0. The summed E-state index contributed by atoms with van der Waals surface area (Å²) in [7, 11) is 0. The van der Waals surface area contributed by atoms with E-state index in [4.69, 9.17) is 0 Å². The minimum absolute atomic E-state index is 0.0440. The number of rotatable bonds is 0. The van der Waals surface area contributed by atoms with Crippen molar-refractivity contribution in [1.82, 2.24) is 10.2 Å². The maximum absolute atomic E-state index is 10.6. The molecule has 2 heterocycles. The highest BCUT2D eigenvalue weighted by Gasteiger charge is 2.30. The topological polar surface area (TPSA) is 44.7 Å². The fourth-order valence-electron chi connectivity index (χ4n) is 1.10. The van der Waals surface area contributed by atoms with Crippen LogP contribution in [-0.4, -0.2) is 36.4 Å². The largest absolute Gasteiger partial charge is 0.321 e. The molecule has 0 bridgehead atoms. The highest BCUT2D eigenvalue weighted by atomic mass is 16.2. The van der Waals surface area contributed by atoms with Crippen molar-refractivity contribution in [3.63, 3.8) is 0 Å². The third-order valence-electron chi connectivity index (χ3n) is 1.55. The number of nitrogens with one attached hydrogen (secondary N) is 1. The van der Waals surface area contributed by atoms with E-state index in [1.54, 1.807) is 0 Å². The van der Waals surface area contributed by atoms with Crippen molar-refractivity contribution < 1.29 is 4.79 Å². The van der Waals surface area contributed by atoms with Crippen LogP contribution in [0.4, 0.5) is 0 Å². The number of nitrogens with zero attached hydrogens (tertiary/aromatic N) is 2. The van der Waals surface area contributed by atoms with Crippen LogP contribution in [0.15, 0.2) is 4.99 Å². The van der Waals surface area contributed by atoms with Crippen molar-refractivity contribution in [1.29, 1.82) is 0 Å². The van der Waals surface area contributed by atoms with E-state index in [1.807, 2.05) is 11.1 Å². The fraction of sp³-hybridized carbons (Fsp3) is 0.600. The van der Waals surface area contributed by atoms with Crippen molar-refractivity contribution >= 4 is 12.1 Å². The van der Waals surface area contributed by atoms with Gasteiger partial charge in [0.15, 0.2) is 6.29 Å². The van der Waals surface area contributed by atoms with E-state index < -0.39 is 0 Å². The van der Waals surface area contributed by atoms with Crippen molar-refractivity contribution in [2.75, 3.05) is 13.1 Å². The minimum Gasteiger partial charge on any atom is -0.321 e. The summed E-state index contributed by atoms with van der Waals surface area (Å²) < 4.78 is 0. The lowest BCUT2D eigenvalue weighted by atomic mass is 10.6. The Bertz CT molecular complexity index is 177. The summed E-state index contributed by atoms with van der Waals surface area (Å²) in [5.74, 6) is 0.0804. The SMILES string of the molecule is O=C1CN2CC=NC2N1. The zero-order valence-corrected chi connectivity index (χ0v) is 4.87. The van der Waals surface area contributed by atoms with Gasteiger partial charge in [0.2, 0.25) is 5.91 Å². The summed E-state index contributed by atoms with van der Waals surface area (Å²) in [5, 5.41) is 2.70. The predicted molar refractivity (Wildman–Crippen MR) is 32.0 cm³/mol. The zero-order valence-electron chi connectivity index (χ0n) is 4.87. The summed E-state index contributed by atoms with van der Waals surface area (Å²) in [6.45, 7) is 1.31. The molecule has 0 radical (unpaired) electrons. The van der Waals surface area contributed by atoms with Gasteiger partial charge in [0.1, 0.15) is 0 Å². The third-order valence-corrected chi connectivity index (χ3v) is 1.55. The fourth-order valence-corrected chi connectivity index (χ4v) is 1.10. The Morgan fingerprint density at radius 2 is 2.78 bits per heavy atom. The minimum atomic E-state index is -0.0440. The molecule has 0 aromatic heterocycles. The number of hydrogen-bond donors (Lipinski definition) is 1. The second kappa shape index (κ2) is 1.54. The molecule has 48 valence electrons. The van der Waals surface area contributed by atoms with Gasteiger partial charge in [0, 0.05) is 12.8 Å². The normalized spacial score (nSPS) is 32.9. The van der Waals surface area contributed by atoms with Gasteiger partial charge in [0.05, 0.1) is 6.54 Å². The van der Waals surface area contributed by atoms with Crippen molar-refractivity contribution in [2.45, 2.75) is 6.29 Å². The van der Waals surface area contributed by atoms with Gasteiger partial charge in [-0.3, -0.25) is 14.7 Å². The smallest absolute Gasteiger partial charge is 0.236 e. The molecule has 1 fully saturated rings. The van der Waals surface area contributed by atoms with Gasteiger partial charge in [-0.2, -0.15) is 0 Å². The predicted octanol–water partition coefficient (Wildman–Crippen LogP) is -1.21. The molecule has 0 aromatic rings. The molecule has 0 spiro atoms. The van der Waals surface area contributed by atoms with Gasteiger partial charge in [-0.05, 0) is 0 Å². The lowest BCUT2D eigenvalue weighted by Crippen LogP contribution is -2.29. The summed E-state index contributed by atoms with van der Waals surface area (Å²) in [5.41, 5.74) is 0. The third kappa shape index (κ3) is 0.632. The van der Waals surface area contributed by atoms with Gasteiger partial charge >= 0.3 is 0 Å². The van der Waals surface area contributed by atoms with E-state index in [2.05, 4.69) is 10.3 Å². The average Bonchev–Trinajstić information content (AvgIpc) is 2.22. The van der Waals surface area contributed by atoms with Crippen LogP contribution in [0, 0.1) is 0 Å². The Morgan fingerprint density at radius 1 is 1.89 bits per heavy atom. The molecule has 4 nitrogen and oxygen atoms in total. The summed E-state index contributed by atoms with van der Waals surface area (Å²) in [6.07, 6.45) is 1.78. The van der Waals surface area contributed by atoms with Crippen molar-refractivity contribution in [2.24, 2.45) is 4.99 Å². The van der Waals surface area contributed by atoms with E-state index in [-0.39, 0.29) is 12.2 Å². The van der Waals surface area contributed by atoms with Crippen LogP contribution in [0.2, 0.25) is 0 Å². The van der Waals surface area contributed by atoms with Crippen molar-refractivity contribution in [3.05, 3.63) is 0 Å². The molecule has 0 aromatic carbocycles. The van der Waals surface area contributed by atoms with Gasteiger partial charge in [-0.25, -0.2) is 0 Å². The summed E-state index contributed by atoms with van der Waals surface area (Å²) in [4.78, 5) is 16.6. The van der Waals surface area contributed by atoms with Crippen LogP contribution >= 0.6 is 0 Å². The monoisotopic (exact) mass is 125 g/mol. The lowest BCUT2D eigenvalue weighted by Gasteiger charge is -2.08. The molecular formula is C5H7N3O. The number of aliphatic imine (C=N–C) groups is 1. The Balaban J connectivity index is 2.17. The van der Waals surface area contributed by atoms with Gasteiger partial charge < -0.3 is 5.32 Å². The molecule has 2 rings (SSSR count). The van der Waals surface area contributed by atoms with Gasteiger partial charge in [-0.1, -0.05) is 0 Å². The highest BCUT2D eigenvalue weighted by Crippen LogP contribution is 2.07. The Hall–Kier alpha value is -0.900. The van der Waals surface area contributed by atoms with E-state index in [1.165, 1.54) is 0 Å². The van der Waals surface area contributed by atoms with Crippen molar-refractivity contribution in [3.8, 4) is 0 Å². The Labute approximate surface area is 52.6 Å². The first kappa shape index (κ1) is 4.93. The molecule has 2 aliphatic heterocycles. The molecule has 0 aliphatic carbocycles. The lowest BCUT2D eigenvalue weighted by molar-refractivity contribution is -0.118. The first-order chi connectivity index (χ1) is 4.36. The molecule has 1 saturated heterocycles. The van der Waals surface area contributed by atoms with E-state index in [0.29, 0.717) is 6.54 Å². The average molecular weight is 125 g/mol.